The Bertz CT molecular complexity index is 1200. The zero-order chi connectivity index (χ0) is 33.6. The second-order valence-corrected chi connectivity index (χ2v) is 15.1. The maximum atomic E-state index is 14.2. The number of hydrogen-bond donors (Lipinski definition) is 2. The van der Waals surface area contributed by atoms with E-state index < -0.39 is 17.5 Å². The minimum absolute atomic E-state index is 0.0165. The van der Waals surface area contributed by atoms with Gasteiger partial charge in [0.05, 0.1) is 12.1 Å². The average Bonchev–Trinajstić information content (AvgIpc) is 3.70. The van der Waals surface area contributed by atoms with E-state index in [2.05, 4.69) is 34.3 Å². The Balaban J connectivity index is 1.42. The van der Waals surface area contributed by atoms with Crippen molar-refractivity contribution in [1.29, 1.82) is 0 Å². The third kappa shape index (κ3) is 8.68. The number of nitrogens with one attached hydrogen (secondary N) is 2. The molecular formula is C36H58N6O4. The van der Waals surface area contributed by atoms with E-state index in [1.807, 2.05) is 65.2 Å². The molecule has 3 fully saturated rings. The van der Waals surface area contributed by atoms with Gasteiger partial charge in [-0.05, 0) is 75.6 Å². The van der Waals surface area contributed by atoms with E-state index >= 15 is 0 Å². The molecule has 256 valence electrons. The second-order valence-electron chi connectivity index (χ2n) is 15.1. The van der Waals surface area contributed by atoms with Gasteiger partial charge in [0, 0.05) is 32.7 Å². The van der Waals surface area contributed by atoms with Gasteiger partial charge >= 0.3 is 0 Å². The van der Waals surface area contributed by atoms with Crippen LogP contribution < -0.4 is 10.6 Å². The first-order chi connectivity index (χ1) is 21.8. The summed E-state index contributed by atoms with van der Waals surface area (Å²) in [6.45, 7) is 13.4. The van der Waals surface area contributed by atoms with E-state index in [0.717, 1.165) is 57.2 Å². The van der Waals surface area contributed by atoms with Crippen LogP contribution in [0.3, 0.4) is 0 Å². The van der Waals surface area contributed by atoms with Gasteiger partial charge in [-0.25, -0.2) is 0 Å². The number of likely N-dealkylation sites (tertiary alicyclic amines) is 3. The molecule has 0 spiro atoms. The molecule has 3 aliphatic rings. The molecule has 1 aromatic carbocycles. The van der Waals surface area contributed by atoms with E-state index in [1.54, 1.807) is 9.80 Å². The highest BCUT2D eigenvalue weighted by atomic mass is 16.2. The van der Waals surface area contributed by atoms with Crippen LogP contribution in [0.25, 0.3) is 0 Å². The van der Waals surface area contributed by atoms with Crippen LogP contribution in [-0.4, -0.2) is 114 Å². The number of rotatable bonds is 11. The van der Waals surface area contributed by atoms with Gasteiger partial charge in [-0.15, -0.1) is 0 Å². The van der Waals surface area contributed by atoms with Crippen molar-refractivity contribution >= 4 is 23.6 Å². The zero-order valence-electron chi connectivity index (χ0n) is 29.3. The van der Waals surface area contributed by atoms with Gasteiger partial charge in [0.15, 0.2) is 0 Å². The fourth-order valence-electron chi connectivity index (χ4n) is 7.40. The van der Waals surface area contributed by atoms with Gasteiger partial charge in [-0.3, -0.25) is 29.0 Å². The number of likely N-dealkylation sites (N-methyl/N-ethyl adjacent to an activating group) is 2. The standard InChI is InChI=1S/C36H58N6O4/c1-25(2)30(40(7)35(46)31(36(3,4)5)38-33(44)27-17-11-12-20-39(27)6)24-41-21-13-19-29(41)34(45)42-22-14-18-28(42)32(43)37-23-26-15-9-8-10-16-26/h8-10,15-16,25,27-31H,11-14,17-24H2,1-7H3,(H,37,43)(H,38,44)/t27-,28?,29?,30-,31?/m1/s1. The number of carbonyl (C=O) groups excluding carboxylic acids is 4. The summed E-state index contributed by atoms with van der Waals surface area (Å²) in [5.41, 5.74) is 0.551. The lowest BCUT2D eigenvalue weighted by Gasteiger charge is -2.41. The molecule has 46 heavy (non-hydrogen) atoms. The van der Waals surface area contributed by atoms with Crippen LogP contribution in [-0.2, 0) is 25.7 Å². The molecule has 0 bridgehead atoms. The summed E-state index contributed by atoms with van der Waals surface area (Å²) in [4.78, 5) is 62.7. The molecule has 3 heterocycles. The molecule has 3 unspecified atom stereocenters. The van der Waals surface area contributed by atoms with E-state index in [1.165, 1.54) is 0 Å². The number of nitrogens with zero attached hydrogens (tertiary/aromatic N) is 4. The monoisotopic (exact) mass is 638 g/mol. The Morgan fingerprint density at radius 3 is 2.17 bits per heavy atom. The molecule has 2 N–H and O–H groups in total. The Morgan fingerprint density at radius 2 is 1.52 bits per heavy atom. The lowest BCUT2D eigenvalue weighted by molar-refractivity contribution is -0.144. The van der Waals surface area contributed by atoms with Gasteiger partial charge in [-0.1, -0.05) is 71.4 Å². The van der Waals surface area contributed by atoms with Gasteiger partial charge in [-0.2, -0.15) is 0 Å². The number of hydrogen-bond acceptors (Lipinski definition) is 6. The van der Waals surface area contributed by atoms with Crippen LogP contribution in [0.1, 0.15) is 85.1 Å². The molecule has 4 rings (SSSR count). The predicted octanol–water partition coefficient (Wildman–Crippen LogP) is 3.26. The highest BCUT2D eigenvalue weighted by molar-refractivity contribution is 5.91. The first kappa shape index (κ1) is 35.9. The number of piperidine rings is 1. The van der Waals surface area contributed by atoms with Crippen LogP contribution in [0.15, 0.2) is 30.3 Å². The van der Waals surface area contributed by atoms with Crippen LogP contribution >= 0.6 is 0 Å². The normalized spacial score (nSPS) is 24.1. The molecule has 0 aliphatic carbocycles. The summed E-state index contributed by atoms with van der Waals surface area (Å²) in [5.74, 6) is -0.130. The van der Waals surface area contributed by atoms with Crippen LogP contribution in [0.4, 0.5) is 0 Å². The molecule has 10 nitrogen and oxygen atoms in total. The summed E-state index contributed by atoms with van der Waals surface area (Å²) in [6.07, 6.45) is 6.01. The van der Waals surface area contributed by atoms with E-state index in [0.29, 0.717) is 26.1 Å². The third-order valence-corrected chi connectivity index (χ3v) is 10.3. The first-order valence-electron chi connectivity index (χ1n) is 17.4. The fourth-order valence-corrected chi connectivity index (χ4v) is 7.40. The van der Waals surface area contributed by atoms with Crippen molar-refractivity contribution in [3.8, 4) is 0 Å². The van der Waals surface area contributed by atoms with Crippen molar-refractivity contribution in [2.75, 3.05) is 40.3 Å². The molecule has 4 amide bonds. The van der Waals surface area contributed by atoms with E-state index in [4.69, 9.17) is 0 Å². The van der Waals surface area contributed by atoms with Gasteiger partial charge < -0.3 is 20.4 Å². The summed E-state index contributed by atoms with van der Waals surface area (Å²) < 4.78 is 0. The predicted molar refractivity (Wildman–Crippen MR) is 181 cm³/mol. The highest BCUT2D eigenvalue weighted by Gasteiger charge is 2.43. The minimum Gasteiger partial charge on any atom is -0.350 e. The van der Waals surface area contributed by atoms with E-state index in [-0.39, 0.29) is 47.7 Å². The first-order valence-corrected chi connectivity index (χ1v) is 17.4. The van der Waals surface area contributed by atoms with Crippen molar-refractivity contribution in [3.05, 3.63) is 35.9 Å². The quantitative estimate of drug-likeness (QED) is 0.386. The van der Waals surface area contributed by atoms with Crippen LogP contribution in [0.5, 0.6) is 0 Å². The SMILES string of the molecule is CC(C)[C@@H](CN1CCCC1C(=O)N1CCCC1C(=O)NCc1ccccc1)N(C)C(=O)C(NC(=O)[C@H]1CCCCN1C)C(C)(C)C. The maximum Gasteiger partial charge on any atom is 0.245 e. The summed E-state index contributed by atoms with van der Waals surface area (Å²) in [6, 6.07) is 8.01. The van der Waals surface area contributed by atoms with Gasteiger partial charge in [0.2, 0.25) is 23.6 Å². The van der Waals surface area contributed by atoms with Crippen molar-refractivity contribution < 1.29 is 19.2 Å². The summed E-state index contributed by atoms with van der Waals surface area (Å²) in [7, 11) is 3.82. The minimum atomic E-state index is -0.669. The molecule has 3 saturated heterocycles. The maximum absolute atomic E-state index is 14.2. The smallest absolute Gasteiger partial charge is 0.245 e. The van der Waals surface area contributed by atoms with Gasteiger partial charge in [0.1, 0.15) is 12.1 Å². The molecule has 5 atom stereocenters. The average molecular weight is 639 g/mol. The zero-order valence-corrected chi connectivity index (χ0v) is 29.3. The van der Waals surface area contributed by atoms with Crippen molar-refractivity contribution in [3.63, 3.8) is 0 Å². The molecular weight excluding hydrogens is 580 g/mol. The van der Waals surface area contributed by atoms with Gasteiger partial charge in [0.25, 0.3) is 0 Å². The Labute approximate surface area is 276 Å². The Morgan fingerprint density at radius 1 is 0.870 bits per heavy atom. The molecule has 0 aromatic heterocycles. The lowest BCUT2D eigenvalue weighted by Crippen LogP contribution is -2.61. The number of carbonyl (C=O) groups is 4. The summed E-state index contributed by atoms with van der Waals surface area (Å²) in [5, 5.41) is 6.18. The third-order valence-electron chi connectivity index (χ3n) is 10.3. The Kier molecular flexibility index (Phi) is 12.3. The molecule has 1 aromatic rings. The van der Waals surface area contributed by atoms with Crippen LogP contribution in [0, 0.1) is 11.3 Å². The molecule has 0 saturated carbocycles. The molecule has 10 heteroatoms. The topological polar surface area (TPSA) is 105 Å². The second kappa shape index (κ2) is 15.7. The van der Waals surface area contributed by atoms with E-state index in [9.17, 15) is 19.2 Å². The Hall–Kier alpha value is -2.98. The molecule has 3 aliphatic heterocycles. The highest BCUT2D eigenvalue weighted by Crippen LogP contribution is 2.28. The lowest BCUT2D eigenvalue weighted by atomic mass is 9.84. The van der Waals surface area contributed by atoms with Crippen molar-refractivity contribution in [2.24, 2.45) is 11.3 Å². The molecule has 0 radical (unpaired) electrons. The number of benzene rings is 1. The van der Waals surface area contributed by atoms with Crippen molar-refractivity contribution in [1.82, 2.24) is 30.2 Å². The van der Waals surface area contributed by atoms with Crippen molar-refractivity contribution in [2.45, 2.75) is 116 Å². The van der Waals surface area contributed by atoms with Crippen LogP contribution in [0.2, 0.25) is 0 Å². The summed E-state index contributed by atoms with van der Waals surface area (Å²) >= 11 is 0. The largest absolute Gasteiger partial charge is 0.350 e. The number of amides is 4. The fraction of sp³-hybridized carbons (Fsp3) is 0.722.